The third kappa shape index (κ3) is 1.72. The van der Waals surface area contributed by atoms with E-state index in [9.17, 15) is 8.42 Å². The number of hydrogen-bond acceptors (Lipinski definition) is 4. The fourth-order valence-corrected chi connectivity index (χ4v) is 1.80. The Morgan fingerprint density at radius 3 is 2.79 bits per heavy atom. The average Bonchev–Trinajstić information content (AvgIpc) is 2.16. The normalized spacial score (nSPS) is 21.1. The van der Waals surface area contributed by atoms with E-state index < -0.39 is 15.5 Å². The largest absolute Gasteiger partial charge is 0.336 e. The van der Waals surface area contributed by atoms with E-state index in [0.29, 0.717) is 5.75 Å². The van der Waals surface area contributed by atoms with E-state index in [1.165, 1.54) is 0 Å². The van der Waals surface area contributed by atoms with Crippen LogP contribution in [0.2, 0.25) is 0 Å². The Kier molecular flexibility index (Phi) is 2.18. The van der Waals surface area contributed by atoms with Crippen LogP contribution in [0.3, 0.4) is 0 Å². The average molecular weight is 215 g/mol. The van der Waals surface area contributed by atoms with Crippen LogP contribution in [0.1, 0.15) is 5.56 Å². The summed E-state index contributed by atoms with van der Waals surface area (Å²) in [6, 6.07) is 7.05. The number of para-hydroxylation sites is 1. The van der Waals surface area contributed by atoms with Gasteiger partial charge in [0.2, 0.25) is 15.5 Å². The highest BCUT2D eigenvalue weighted by molar-refractivity contribution is 7.89. The SMILES string of the molecule is NS(=O)(=O)C1Cc2ccccc2OO1. The molecule has 0 radical (unpaired) electrons. The van der Waals surface area contributed by atoms with Crippen molar-refractivity contribution in [3.63, 3.8) is 0 Å². The van der Waals surface area contributed by atoms with Crippen molar-refractivity contribution in [1.29, 1.82) is 0 Å². The van der Waals surface area contributed by atoms with Gasteiger partial charge in [-0.25, -0.2) is 13.6 Å². The number of sulfonamides is 1. The van der Waals surface area contributed by atoms with E-state index in [4.69, 9.17) is 10.0 Å². The van der Waals surface area contributed by atoms with Crippen LogP contribution in [0.25, 0.3) is 0 Å². The van der Waals surface area contributed by atoms with Crippen LogP contribution in [0.15, 0.2) is 24.3 Å². The monoisotopic (exact) mass is 215 g/mol. The molecular formula is C8H9NO4S. The number of nitrogens with two attached hydrogens (primary N) is 1. The first-order valence-electron chi connectivity index (χ1n) is 4.00. The van der Waals surface area contributed by atoms with E-state index in [2.05, 4.69) is 4.89 Å². The van der Waals surface area contributed by atoms with Gasteiger partial charge in [-0.3, -0.25) is 0 Å². The fourth-order valence-electron chi connectivity index (χ4n) is 1.24. The van der Waals surface area contributed by atoms with Crippen LogP contribution in [0, 0.1) is 0 Å². The summed E-state index contributed by atoms with van der Waals surface area (Å²) in [5.74, 6) is 0.535. The molecule has 0 aromatic heterocycles. The molecule has 1 aromatic rings. The molecule has 0 aliphatic carbocycles. The van der Waals surface area contributed by atoms with Crippen LogP contribution < -0.4 is 10.0 Å². The molecule has 2 N–H and O–H groups in total. The van der Waals surface area contributed by atoms with Gasteiger partial charge in [0.25, 0.3) is 0 Å². The van der Waals surface area contributed by atoms with Crippen molar-refractivity contribution in [2.75, 3.05) is 0 Å². The van der Waals surface area contributed by atoms with Crippen LogP contribution in [0.4, 0.5) is 0 Å². The fraction of sp³-hybridized carbons (Fsp3) is 0.250. The summed E-state index contributed by atoms with van der Waals surface area (Å²) in [6.07, 6.45) is 0.217. The summed E-state index contributed by atoms with van der Waals surface area (Å²) >= 11 is 0. The van der Waals surface area contributed by atoms with Crippen molar-refractivity contribution in [2.45, 2.75) is 11.9 Å². The molecule has 1 aliphatic rings. The summed E-state index contributed by atoms with van der Waals surface area (Å²) in [5.41, 5.74) is -0.338. The Balaban J connectivity index is 2.30. The first-order valence-corrected chi connectivity index (χ1v) is 5.61. The smallest absolute Gasteiger partial charge is 0.240 e. The zero-order chi connectivity index (χ0) is 10.2. The molecule has 5 nitrogen and oxygen atoms in total. The lowest BCUT2D eigenvalue weighted by atomic mass is 10.1. The van der Waals surface area contributed by atoms with E-state index in [-0.39, 0.29) is 6.42 Å². The van der Waals surface area contributed by atoms with Gasteiger partial charge in [-0.2, -0.15) is 4.89 Å². The van der Waals surface area contributed by atoms with Gasteiger partial charge in [0.05, 0.1) is 0 Å². The molecule has 14 heavy (non-hydrogen) atoms. The quantitative estimate of drug-likeness (QED) is 0.677. The van der Waals surface area contributed by atoms with Gasteiger partial charge in [-0.15, -0.1) is 0 Å². The molecule has 0 saturated carbocycles. The topological polar surface area (TPSA) is 78.6 Å². The van der Waals surface area contributed by atoms with E-state index in [1.54, 1.807) is 24.3 Å². The van der Waals surface area contributed by atoms with Gasteiger partial charge in [-0.1, -0.05) is 18.2 Å². The Morgan fingerprint density at radius 1 is 1.36 bits per heavy atom. The number of hydrogen-bond donors (Lipinski definition) is 1. The van der Waals surface area contributed by atoms with Crippen molar-refractivity contribution in [3.8, 4) is 5.75 Å². The summed E-state index contributed by atoms with van der Waals surface area (Å²) in [7, 11) is -3.72. The molecule has 76 valence electrons. The highest BCUT2D eigenvalue weighted by Gasteiger charge is 2.29. The minimum absolute atomic E-state index is 0.217. The molecule has 1 unspecified atom stereocenters. The molecule has 1 atom stereocenters. The molecule has 1 heterocycles. The number of primary sulfonamides is 1. The van der Waals surface area contributed by atoms with Crippen molar-refractivity contribution >= 4 is 10.0 Å². The van der Waals surface area contributed by atoms with Crippen molar-refractivity contribution in [2.24, 2.45) is 5.14 Å². The second-order valence-electron chi connectivity index (χ2n) is 3.01. The second-order valence-corrected chi connectivity index (χ2v) is 4.71. The molecule has 0 bridgehead atoms. The highest BCUT2D eigenvalue weighted by Crippen LogP contribution is 2.26. The lowest BCUT2D eigenvalue weighted by molar-refractivity contribution is -0.230. The Labute approximate surface area is 81.4 Å². The van der Waals surface area contributed by atoms with Gasteiger partial charge in [0.15, 0.2) is 5.75 Å². The van der Waals surface area contributed by atoms with Crippen molar-refractivity contribution < 1.29 is 18.2 Å². The standard InChI is InChI=1S/C8H9NO4S/c9-14(10,11)8-5-6-3-1-2-4-7(6)12-13-8/h1-4,8H,5H2,(H2,9,10,11). The van der Waals surface area contributed by atoms with Crippen LogP contribution in [0.5, 0.6) is 5.75 Å². The van der Waals surface area contributed by atoms with Gasteiger partial charge in [0, 0.05) is 12.0 Å². The maximum atomic E-state index is 11.0. The van der Waals surface area contributed by atoms with E-state index in [1.807, 2.05) is 0 Å². The second kappa shape index (κ2) is 3.23. The van der Waals surface area contributed by atoms with Gasteiger partial charge >= 0.3 is 0 Å². The molecule has 1 aromatic carbocycles. The van der Waals surface area contributed by atoms with Gasteiger partial charge in [0.1, 0.15) is 0 Å². The predicted molar refractivity (Wildman–Crippen MR) is 48.8 cm³/mol. The Morgan fingerprint density at radius 2 is 2.07 bits per heavy atom. The maximum Gasteiger partial charge on any atom is 0.240 e. The number of fused-ring (bicyclic) bond motifs is 1. The Hall–Kier alpha value is -1.11. The lowest BCUT2D eigenvalue weighted by Crippen LogP contribution is -2.36. The molecule has 0 saturated heterocycles. The van der Waals surface area contributed by atoms with Crippen LogP contribution in [-0.2, 0) is 21.3 Å². The predicted octanol–water partition coefficient (Wildman–Crippen LogP) is 0.168. The Bertz CT molecular complexity index is 442. The molecule has 2 rings (SSSR count). The number of rotatable bonds is 1. The number of benzene rings is 1. The molecule has 6 heteroatoms. The van der Waals surface area contributed by atoms with Crippen LogP contribution >= 0.6 is 0 Å². The summed E-state index contributed by atoms with van der Waals surface area (Å²) < 4.78 is 21.9. The maximum absolute atomic E-state index is 11.0. The zero-order valence-corrected chi connectivity index (χ0v) is 8.03. The highest BCUT2D eigenvalue weighted by atomic mass is 32.2. The van der Waals surface area contributed by atoms with E-state index in [0.717, 1.165) is 5.56 Å². The summed E-state index contributed by atoms with van der Waals surface area (Å²) in [6.45, 7) is 0. The van der Waals surface area contributed by atoms with Gasteiger partial charge in [-0.05, 0) is 6.07 Å². The molecule has 0 amide bonds. The van der Waals surface area contributed by atoms with Gasteiger partial charge < -0.3 is 4.89 Å². The van der Waals surface area contributed by atoms with Crippen molar-refractivity contribution in [1.82, 2.24) is 0 Å². The first kappa shape index (κ1) is 9.45. The first-order chi connectivity index (χ1) is 6.57. The molecular weight excluding hydrogens is 206 g/mol. The molecule has 0 fully saturated rings. The zero-order valence-electron chi connectivity index (χ0n) is 7.21. The van der Waals surface area contributed by atoms with Crippen molar-refractivity contribution in [3.05, 3.63) is 29.8 Å². The summed E-state index contributed by atoms with van der Waals surface area (Å²) in [4.78, 5) is 9.46. The van der Waals surface area contributed by atoms with Crippen LogP contribution in [-0.4, -0.2) is 13.9 Å². The molecule has 0 spiro atoms. The third-order valence-electron chi connectivity index (χ3n) is 1.97. The third-order valence-corrected chi connectivity index (χ3v) is 2.95. The summed E-state index contributed by atoms with van der Waals surface area (Å²) in [5, 5.41) is 4.93. The lowest BCUT2D eigenvalue weighted by Gasteiger charge is -2.21. The minimum Gasteiger partial charge on any atom is -0.336 e. The molecule has 1 aliphatic heterocycles. The van der Waals surface area contributed by atoms with E-state index >= 15 is 0 Å². The minimum atomic E-state index is -3.72.